The summed E-state index contributed by atoms with van der Waals surface area (Å²) in [5.41, 5.74) is -0.414. The lowest BCUT2D eigenvalue weighted by Gasteiger charge is -2.22. The lowest BCUT2D eigenvalue weighted by Crippen LogP contribution is -2.40. The van der Waals surface area contributed by atoms with Gasteiger partial charge < -0.3 is 9.47 Å². The average Bonchev–Trinajstić information content (AvgIpc) is 2.73. The Morgan fingerprint density at radius 1 is 1.47 bits per heavy atom. The number of hydrogen-bond donors (Lipinski definition) is 0. The molecule has 2 unspecified atom stereocenters. The highest BCUT2D eigenvalue weighted by atomic mass is 19.1. The summed E-state index contributed by atoms with van der Waals surface area (Å²) in [6, 6.07) is 11.5. The Morgan fingerprint density at radius 3 is 2.82 bits per heavy atom. The Hall–Kier alpha value is -1.44. The molecule has 17 heavy (non-hydrogen) atoms. The third-order valence-corrected chi connectivity index (χ3v) is 2.85. The summed E-state index contributed by atoms with van der Waals surface area (Å²) >= 11 is 0. The summed E-state index contributed by atoms with van der Waals surface area (Å²) in [4.78, 5) is 0. The Bertz CT molecular complexity index is 404. The number of rotatable bonds is 4. The average molecular weight is 235 g/mol. The summed E-state index contributed by atoms with van der Waals surface area (Å²) in [5, 5.41) is 8.99. The zero-order valence-electron chi connectivity index (χ0n) is 9.43. The molecular weight excluding hydrogens is 221 g/mol. The molecule has 1 aliphatic rings. The van der Waals surface area contributed by atoms with Crippen LogP contribution in [-0.2, 0) is 16.1 Å². The van der Waals surface area contributed by atoms with Crippen molar-refractivity contribution in [2.75, 3.05) is 13.2 Å². The van der Waals surface area contributed by atoms with Crippen molar-refractivity contribution in [3.05, 3.63) is 35.9 Å². The summed E-state index contributed by atoms with van der Waals surface area (Å²) in [6.07, 6.45) is -0.995. The predicted octanol–water partition coefficient (Wildman–Crippen LogP) is 2.22. The van der Waals surface area contributed by atoms with Crippen LogP contribution in [0.5, 0.6) is 0 Å². The van der Waals surface area contributed by atoms with Crippen LogP contribution in [-0.4, -0.2) is 25.0 Å². The van der Waals surface area contributed by atoms with Crippen LogP contribution in [0.4, 0.5) is 4.39 Å². The summed E-state index contributed by atoms with van der Waals surface area (Å²) in [6.45, 7) is 0.614. The second-order valence-corrected chi connectivity index (χ2v) is 4.08. The highest BCUT2D eigenvalue weighted by molar-refractivity contribution is 5.14. The smallest absolute Gasteiger partial charge is 0.208 e. The topological polar surface area (TPSA) is 42.2 Å². The second kappa shape index (κ2) is 5.26. The number of benzene rings is 1. The molecule has 0 amide bonds. The van der Waals surface area contributed by atoms with Gasteiger partial charge in [-0.2, -0.15) is 5.26 Å². The molecule has 4 heteroatoms. The quantitative estimate of drug-likeness (QED) is 0.803. The molecule has 0 N–H and O–H groups in total. The van der Waals surface area contributed by atoms with Crippen molar-refractivity contribution in [3.8, 4) is 6.07 Å². The molecule has 0 spiro atoms. The van der Waals surface area contributed by atoms with Gasteiger partial charge >= 0.3 is 0 Å². The van der Waals surface area contributed by atoms with Gasteiger partial charge in [-0.15, -0.1) is 0 Å². The highest BCUT2D eigenvalue weighted by Gasteiger charge is 2.46. The first kappa shape index (κ1) is 12.0. The first-order chi connectivity index (χ1) is 8.27. The first-order valence-corrected chi connectivity index (χ1v) is 5.58. The minimum absolute atomic E-state index is 0.0282. The van der Waals surface area contributed by atoms with Crippen LogP contribution in [0.3, 0.4) is 0 Å². The van der Waals surface area contributed by atoms with E-state index in [2.05, 4.69) is 0 Å². The van der Waals surface area contributed by atoms with Gasteiger partial charge in [0, 0.05) is 6.42 Å². The van der Waals surface area contributed by atoms with Crippen molar-refractivity contribution < 1.29 is 13.9 Å². The number of alkyl halides is 1. The van der Waals surface area contributed by atoms with Crippen LogP contribution in [0.25, 0.3) is 0 Å². The minimum Gasteiger partial charge on any atom is -0.373 e. The molecule has 0 aliphatic carbocycles. The Labute approximate surface area is 99.8 Å². The Balaban J connectivity index is 1.88. The van der Waals surface area contributed by atoms with E-state index in [0.29, 0.717) is 6.61 Å². The fourth-order valence-electron chi connectivity index (χ4n) is 1.83. The largest absolute Gasteiger partial charge is 0.373 e. The van der Waals surface area contributed by atoms with Gasteiger partial charge in [0.05, 0.1) is 19.8 Å². The maximum absolute atomic E-state index is 13.5. The molecule has 1 aliphatic heterocycles. The lowest BCUT2D eigenvalue weighted by molar-refractivity contribution is -0.0566. The van der Waals surface area contributed by atoms with Gasteiger partial charge in [0.1, 0.15) is 12.2 Å². The molecule has 2 rings (SSSR count). The van der Waals surface area contributed by atoms with E-state index in [1.807, 2.05) is 36.4 Å². The van der Waals surface area contributed by atoms with E-state index in [0.717, 1.165) is 5.56 Å². The molecule has 1 saturated heterocycles. The number of halogens is 1. The van der Waals surface area contributed by atoms with Crippen LogP contribution in [0.2, 0.25) is 0 Å². The van der Waals surface area contributed by atoms with Crippen molar-refractivity contribution >= 4 is 0 Å². The number of ether oxygens (including phenoxy) is 2. The second-order valence-electron chi connectivity index (χ2n) is 4.08. The van der Waals surface area contributed by atoms with Crippen LogP contribution in [0.1, 0.15) is 12.0 Å². The van der Waals surface area contributed by atoms with E-state index in [-0.39, 0.29) is 19.6 Å². The van der Waals surface area contributed by atoms with Gasteiger partial charge in [-0.25, -0.2) is 4.39 Å². The first-order valence-electron chi connectivity index (χ1n) is 5.58. The molecular formula is C13H14FNO2. The van der Waals surface area contributed by atoms with E-state index in [9.17, 15) is 4.39 Å². The lowest BCUT2D eigenvalue weighted by atomic mass is 10.0. The number of nitrogens with zero attached hydrogens (tertiary/aromatic N) is 1. The normalized spacial score (nSPS) is 27.9. The molecule has 0 saturated carbocycles. The summed E-state index contributed by atoms with van der Waals surface area (Å²) in [5.74, 6) is 0. The maximum atomic E-state index is 13.5. The Kier molecular flexibility index (Phi) is 3.72. The summed E-state index contributed by atoms with van der Waals surface area (Å²) < 4.78 is 24.1. The van der Waals surface area contributed by atoms with Crippen molar-refractivity contribution in [2.45, 2.75) is 24.8 Å². The number of hydrogen-bond acceptors (Lipinski definition) is 3. The van der Waals surface area contributed by atoms with Crippen LogP contribution >= 0.6 is 0 Å². The van der Waals surface area contributed by atoms with Crippen LogP contribution in [0.15, 0.2) is 30.3 Å². The van der Waals surface area contributed by atoms with Crippen molar-refractivity contribution in [2.24, 2.45) is 0 Å². The van der Waals surface area contributed by atoms with Crippen molar-refractivity contribution in [1.29, 1.82) is 5.26 Å². The van der Waals surface area contributed by atoms with Crippen LogP contribution in [0, 0.1) is 11.3 Å². The standard InChI is InChI=1S/C13H14FNO2/c14-12-6-7-17-13(12,9-15)10-16-8-11-4-2-1-3-5-11/h1-5,12H,6-8,10H2. The van der Waals surface area contributed by atoms with E-state index in [4.69, 9.17) is 14.7 Å². The molecule has 3 nitrogen and oxygen atoms in total. The zero-order valence-corrected chi connectivity index (χ0v) is 9.43. The van der Waals surface area contributed by atoms with E-state index in [1.165, 1.54) is 0 Å². The fraction of sp³-hybridized carbons (Fsp3) is 0.462. The third kappa shape index (κ3) is 2.63. The van der Waals surface area contributed by atoms with Gasteiger partial charge in [-0.05, 0) is 5.56 Å². The van der Waals surface area contributed by atoms with E-state index in [1.54, 1.807) is 0 Å². The molecule has 90 valence electrons. The van der Waals surface area contributed by atoms with Crippen molar-refractivity contribution in [1.82, 2.24) is 0 Å². The maximum Gasteiger partial charge on any atom is 0.208 e. The fourth-order valence-corrected chi connectivity index (χ4v) is 1.83. The van der Waals surface area contributed by atoms with Gasteiger partial charge in [0.2, 0.25) is 5.60 Å². The van der Waals surface area contributed by atoms with Gasteiger partial charge in [-0.1, -0.05) is 30.3 Å². The van der Waals surface area contributed by atoms with Crippen LogP contribution < -0.4 is 0 Å². The van der Waals surface area contributed by atoms with Gasteiger partial charge in [0.25, 0.3) is 0 Å². The van der Waals surface area contributed by atoms with Gasteiger partial charge in [0.15, 0.2) is 0 Å². The van der Waals surface area contributed by atoms with Gasteiger partial charge in [-0.3, -0.25) is 0 Å². The molecule has 1 aromatic carbocycles. The number of nitriles is 1. The Morgan fingerprint density at radius 2 is 2.24 bits per heavy atom. The molecule has 2 atom stereocenters. The molecule has 0 aromatic heterocycles. The molecule has 1 heterocycles. The predicted molar refractivity (Wildman–Crippen MR) is 59.9 cm³/mol. The monoisotopic (exact) mass is 235 g/mol. The molecule has 0 radical (unpaired) electrons. The third-order valence-electron chi connectivity index (χ3n) is 2.85. The SMILES string of the molecule is N#CC1(COCc2ccccc2)OCCC1F. The highest BCUT2D eigenvalue weighted by Crippen LogP contribution is 2.29. The molecule has 1 aromatic rings. The molecule has 1 fully saturated rings. The van der Waals surface area contributed by atoms with E-state index >= 15 is 0 Å². The zero-order chi connectivity index (χ0) is 12.1. The molecule has 0 bridgehead atoms. The minimum atomic E-state index is -1.41. The van der Waals surface area contributed by atoms with Crippen molar-refractivity contribution in [3.63, 3.8) is 0 Å². The van der Waals surface area contributed by atoms with E-state index < -0.39 is 11.8 Å². The summed E-state index contributed by atoms with van der Waals surface area (Å²) in [7, 11) is 0.